The van der Waals surface area contributed by atoms with Crippen LogP contribution in [-0.2, 0) is 0 Å². The summed E-state index contributed by atoms with van der Waals surface area (Å²) in [5.74, 6) is 1.46. The number of rotatable bonds is 7. The molecule has 4 rings (SSSR count). The summed E-state index contributed by atoms with van der Waals surface area (Å²) in [6.07, 6.45) is 1.11. The number of ether oxygens (including phenoxy) is 1. The van der Waals surface area contributed by atoms with Gasteiger partial charge in [0.05, 0.1) is 6.61 Å². The Morgan fingerprint density at radius 3 is 1.63 bits per heavy atom. The predicted molar refractivity (Wildman–Crippen MR) is 128 cm³/mol. The van der Waals surface area contributed by atoms with Crippen molar-refractivity contribution < 1.29 is 4.74 Å². The summed E-state index contributed by atoms with van der Waals surface area (Å²) in [5, 5.41) is 0. The first kappa shape index (κ1) is 20.0. The highest BCUT2D eigenvalue weighted by molar-refractivity contribution is 5.97. The minimum absolute atomic E-state index is 0.516. The Labute approximate surface area is 180 Å². The Kier molecular flexibility index (Phi) is 6.29. The molecule has 0 spiro atoms. The van der Waals surface area contributed by atoms with E-state index in [1.165, 1.54) is 27.8 Å². The molecule has 4 aromatic carbocycles. The lowest BCUT2D eigenvalue weighted by molar-refractivity contribution is 0.257. The lowest BCUT2D eigenvalue weighted by Gasteiger charge is -2.21. The van der Waals surface area contributed by atoms with E-state index >= 15 is 0 Å². The van der Waals surface area contributed by atoms with Crippen molar-refractivity contribution in [1.82, 2.24) is 0 Å². The molecule has 0 amide bonds. The zero-order valence-electron chi connectivity index (χ0n) is 17.7. The van der Waals surface area contributed by atoms with E-state index in [9.17, 15) is 0 Å². The lowest BCUT2D eigenvalue weighted by atomic mass is 9.87. The molecule has 1 heteroatoms. The van der Waals surface area contributed by atoms with Gasteiger partial charge in [-0.25, -0.2) is 0 Å². The lowest BCUT2D eigenvalue weighted by Crippen LogP contribution is -2.08. The van der Waals surface area contributed by atoms with Gasteiger partial charge in [0.25, 0.3) is 0 Å². The predicted octanol–water partition coefficient (Wildman–Crippen LogP) is 8.11. The summed E-state index contributed by atoms with van der Waals surface area (Å²) in [6.45, 7) is 5.16. The van der Waals surface area contributed by atoms with Crippen LogP contribution in [0.4, 0.5) is 0 Å². The third-order valence-electron chi connectivity index (χ3n) is 5.60. The maximum Gasteiger partial charge on any atom is 0.127 e. The molecule has 0 fully saturated rings. The van der Waals surface area contributed by atoms with E-state index in [0.717, 1.165) is 24.3 Å². The minimum atomic E-state index is 0.516. The van der Waals surface area contributed by atoms with Crippen molar-refractivity contribution in [1.29, 1.82) is 0 Å². The van der Waals surface area contributed by atoms with Gasteiger partial charge in [-0.15, -0.1) is 0 Å². The Bertz CT molecular complexity index is 1070. The summed E-state index contributed by atoms with van der Waals surface area (Å²) in [5.41, 5.74) is 7.18. The van der Waals surface area contributed by atoms with Gasteiger partial charge in [0.1, 0.15) is 5.75 Å². The van der Waals surface area contributed by atoms with Crippen LogP contribution >= 0.6 is 0 Å². The molecule has 0 aliphatic carbocycles. The van der Waals surface area contributed by atoms with E-state index in [1.54, 1.807) is 0 Å². The first-order valence-corrected chi connectivity index (χ1v) is 10.7. The maximum atomic E-state index is 6.40. The Morgan fingerprint density at radius 1 is 0.600 bits per heavy atom. The minimum Gasteiger partial charge on any atom is -0.493 e. The molecule has 0 aliphatic rings. The second-order valence-electron chi connectivity index (χ2n) is 7.78. The molecule has 4 aromatic rings. The molecule has 0 aromatic heterocycles. The van der Waals surface area contributed by atoms with Gasteiger partial charge in [-0.2, -0.15) is 0 Å². The maximum absolute atomic E-state index is 6.40. The van der Waals surface area contributed by atoms with Gasteiger partial charge in [0.15, 0.2) is 0 Å². The average molecular weight is 393 g/mol. The van der Waals surface area contributed by atoms with E-state index in [0.29, 0.717) is 5.92 Å². The SMILES string of the molecule is CCC(C)COc1ccc(-c2ccccc2)c(-c2ccccc2)c1-c1ccccc1. The van der Waals surface area contributed by atoms with Crippen LogP contribution in [0.25, 0.3) is 33.4 Å². The average Bonchev–Trinajstić information content (AvgIpc) is 2.83. The summed E-state index contributed by atoms with van der Waals surface area (Å²) in [4.78, 5) is 0. The van der Waals surface area contributed by atoms with Crippen LogP contribution in [0.1, 0.15) is 20.3 Å². The van der Waals surface area contributed by atoms with Crippen LogP contribution in [0, 0.1) is 5.92 Å². The molecule has 0 saturated heterocycles. The van der Waals surface area contributed by atoms with Crippen LogP contribution in [0.15, 0.2) is 103 Å². The van der Waals surface area contributed by atoms with Gasteiger partial charge in [0.2, 0.25) is 0 Å². The molecule has 0 aliphatic heterocycles. The zero-order chi connectivity index (χ0) is 20.8. The monoisotopic (exact) mass is 392 g/mol. The standard InChI is InChI=1S/C29H28O/c1-3-22(2)21-30-27-20-19-26(23-13-7-4-8-14-23)28(24-15-9-5-10-16-24)29(27)25-17-11-6-12-18-25/h4-20,22H,3,21H2,1-2H3. The molecule has 1 nitrogen and oxygen atoms in total. The highest BCUT2D eigenvalue weighted by atomic mass is 16.5. The van der Waals surface area contributed by atoms with Gasteiger partial charge in [-0.3, -0.25) is 0 Å². The van der Waals surface area contributed by atoms with Crippen molar-refractivity contribution in [2.24, 2.45) is 5.92 Å². The molecule has 1 atom stereocenters. The van der Waals surface area contributed by atoms with Crippen molar-refractivity contribution in [3.63, 3.8) is 0 Å². The van der Waals surface area contributed by atoms with Gasteiger partial charge >= 0.3 is 0 Å². The fourth-order valence-electron chi connectivity index (χ4n) is 3.71. The van der Waals surface area contributed by atoms with Crippen LogP contribution in [0.2, 0.25) is 0 Å². The largest absolute Gasteiger partial charge is 0.493 e. The summed E-state index contributed by atoms with van der Waals surface area (Å²) >= 11 is 0. The first-order chi connectivity index (χ1) is 14.8. The normalized spacial score (nSPS) is 11.8. The fourth-order valence-corrected chi connectivity index (χ4v) is 3.71. The van der Waals surface area contributed by atoms with E-state index in [1.807, 2.05) is 0 Å². The van der Waals surface area contributed by atoms with E-state index in [-0.39, 0.29) is 0 Å². The molecule has 0 saturated carbocycles. The number of hydrogen-bond donors (Lipinski definition) is 0. The second kappa shape index (κ2) is 9.45. The second-order valence-corrected chi connectivity index (χ2v) is 7.78. The highest BCUT2D eigenvalue weighted by Crippen LogP contribution is 2.45. The van der Waals surface area contributed by atoms with Crippen molar-refractivity contribution in [3.8, 4) is 39.1 Å². The molecular weight excluding hydrogens is 364 g/mol. The van der Waals surface area contributed by atoms with Crippen molar-refractivity contribution in [2.45, 2.75) is 20.3 Å². The van der Waals surface area contributed by atoms with Crippen molar-refractivity contribution in [3.05, 3.63) is 103 Å². The zero-order valence-corrected chi connectivity index (χ0v) is 17.7. The Hall–Kier alpha value is -3.32. The summed E-state index contributed by atoms with van der Waals surface area (Å²) in [7, 11) is 0. The van der Waals surface area contributed by atoms with Gasteiger partial charge in [0, 0.05) is 11.1 Å². The van der Waals surface area contributed by atoms with Crippen LogP contribution in [-0.4, -0.2) is 6.61 Å². The smallest absolute Gasteiger partial charge is 0.127 e. The molecule has 0 heterocycles. The van der Waals surface area contributed by atoms with E-state index < -0.39 is 0 Å². The van der Waals surface area contributed by atoms with Gasteiger partial charge in [-0.1, -0.05) is 117 Å². The van der Waals surface area contributed by atoms with Gasteiger partial charge in [-0.05, 0) is 34.2 Å². The van der Waals surface area contributed by atoms with Crippen molar-refractivity contribution in [2.75, 3.05) is 6.61 Å². The third kappa shape index (κ3) is 4.31. The molecule has 0 radical (unpaired) electrons. The van der Waals surface area contributed by atoms with Crippen LogP contribution in [0.3, 0.4) is 0 Å². The highest BCUT2D eigenvalue weighted by Gasteiger charge is 2.19. The number of benzene rings is 4. The molecule has 0 bridgehead atoms. The Balaban J connectivity index is 1.98. The molecule has 0 N–H and O–H groups in total. The Morgan fingerprint density at radius 2 is 1.10 bits per heavy atom. The van der Waals surface area contributed by atoms with Crippen LogP contribution < -0.4 is 4.74 Å². The summed E-state index contributed by atoms with van der Waals surface area (Å²) < 4.78 is 6.40. The molecule has 30 heavy (non-hydrogen) atoms. The van der Waals surface area contributed by atoms with Gasteiger partial charge < -0.3 is 4.74 Å². The van der Waals surface area contributed by atoms with E-state index in [4.69, 9.17) is 4.74 Å². The fraction of sp³-hybridized carbons (Fsp3) is 0.172. The molecule has 1 unspecified atom stereocenters. The van der Waals surface area contributed by atoms with Crippen molar-refractivity contribution >= 4 is 0 Å². The van der Waals surface area contributed by atoms with E-state index in [2.05, 4.69) is 117 Å². The molecular formula is C29H28O. The summed E-state index contributed by atoms with van der Waals surface area (Å²) in [6, 6.07) is 36.2. The first-order valence-electron chi connectivity index (χ1n) is 10.7. The molecule has 150 valence electrons. The third-order valence-corrected chi connectivity index (χ3v) is 5.60. The quantitative estimate of drug-likeness (QED) is 0.308. The number of hydrogen-bond acceptors (Lipinski definition) is 1. The van der Waals surface area contributed by atoms with Crippen LogP contribution in [0.5, 0.6) is 5.75 Å². The topological polar surface area (TPSA) is 9.23 Å².